The van der Waals surface area contributed by atoms with Crippen molar-refractivity contribution in [2.24, 2.45) is 5.41 Å². The highest BCUT2D eigenvalue weighted by molar-refractivity contribution is 5.78. The second kappa shape index (κ2) is 5.59. The molecule has 0 radical (unpaired) electrons. The second-order valence-electron chi connectivity index (χ2n) is 5.50. The zero-order valence-corrected chi connectivity index (χ0v) is 10.8. The van der Waals surface area contributed by atoms with Crippen LogP contribution in [0.1, 0.15) is 44.9 Å². The Labute approximate surface area is 108 Å². The van der Waals surface area contributed by atoms with Gasteiger partial charge in [-0.05, 0) is 32.1 Å². The first-order chi connectivity index (χ1) is 8.64. The van der Waals surface area contributed by atoms with E-state index >= 15 is 0 Å². The van der Waals surface area contributed by atoms with Gasteiger partial charge < -0.3 is 15.3 Å². The monoisotopic (exact) mass is 254 g/mol. The Balaban J connectivity index is 1.85. The minimum Gasteiger partial charge on any atom is -0.481 e. The summed E-state index contributed by atoms with van der Waals surface area (Å²) in [5.41, 5.74) is -0.717. The molecule has 1 aliphatic heterocycles. The van der Waals surface area contributed by atoms with Crippen LogP contribution in [-0.2, 0) is 4.79 Å². The van der Waals surface area contributed by atoms with Gasteiger partial charge in [-0.25, -0.2) is 4.79 Å². The van der Waals surface area contributed by atoms with Gasteiger partial charge in [0.25, 0.3) is 0 Å². The number of carboxylic acid groups (broad SMARTS) is 1. The number of rotatable bonds is 3. The quantitative estimate of drug-likeness (QED) is 0.807. The van der Waals surface area contributed by atoms with E-state index in [1.54, 1.807) is 4.90 Å². The predicted molar refractivity (Wildman–Crippen MR) is 67.4 cm³/mol. The lowest BCUT2D eigenvalue weighted by Gasteiger charge is -2.29. The molecular weight excluding hydrogens is 232 g/mol. The number of likely N-dealkylation sites (tertiary alicyclic amines) is 1. The van der Waals surface area contributed by atoms with Crippen LogP contribution in [0.25, 0.3) is 0 Å². The number of hydrogen-bond donors (Lipinski definition) is 2. The number of amides is 2. The maximum Gasteiger partial charge on any atom is 0.317 e. The molecule has 2 rings (SSSR count). The molecule has 0 bridgehead atoms. The minimum atomic E-state index is -0.765. The van der Waals surface area contributed by atoms with E-state index in [1.807, 2.05) is 0 Å². The molecule has 5 nitrogen and oxygen atoms in total. The molecule has 18 heavy (non-hydrogen) atoms. The molecule has 0 atom stereocenters. The lowest BCUT2D eigenvalue weighted by atomic mass is 9.86. The highest BCUT2D eigenvalue weighted by atomic mass is 16.4. The van der Waals surface area contributed by atoms with Crippen LogP contribution >= 0.6 is 0 Å². The number of carbonyl (C=O) groups excluding carboxylic acids is 1. The number of hydrogen-bond acceptors (Lipinski definition) is 2. The first-order valence-corrected chi connectivity index (χ1v) is 6.90. The van der Waals surface area contributed by atoms with Crippen LogP contribution in [0, 0.1) is 5.41 Å². The molecule has 0 aromatic heterocycles. The predicted octanol–water partition coefficient (Wildman–Crippen LogP) is 1.83. The molecule has 2 aliphatic rings. The molecule has 0 aromatic carbocycles. The number of urea groups is 1. The molecular formula is C13H22N2O3. The van der Waals surface area contributed by atoms with Crippen LogP contribution < -0.4 is 5.32 Å². The van der Waals surface area contributed by atoms with Crippen molar-refractivity contribution in [1.29, 1.82) is 0 Å². The number of nitrogens with zero attached hydrogens (tertiary/aromatic N) is 1. The molecule has 2 amide bonds. The van der Waals surface area contributed by atoms with Gasteiger partial charge in [-0.1, -0.05) is 12.8 Å². The van der Waals surface area contributed by atoms with E-state index in [9.17, 15) is 14.7 Å². The molecule has 1 aliphatic carbocycles. The highest BCUT2D eigenvalue weighted by Gasteiger charge is 2.41. The van der Waals surface area contributed by atoms with Gasteiger partial charge in [-0.3, -0.25) is 4.79 Å². The van der Waals surface area contributed by atoms with Gasteiger partial charge in [-0.2, -0.15) is 0 Å². The topological polar surface area (TPSA) is 69.6 Å². The lowest BCUT2D eigenvalue weighted by Crippen LogP contribution is -2.48. The Bertz CT molecular complexity index is 318. The molecule has 1 saturated heterocycles. The van der Waals surface area contributed by atoms with Crippen molar-refractivity contribution >= 4 is 12.0 Å². The molecule has 1 saturated carbocycles. The standard InChI is InChI=1S/C13H22N2O3/c16-11(17)13(6-2-3-7-13)10-14-12(18)15-8-4-1-5-9-15/h1-10H2,(H,14,18)(H,16,17). The molecule has 1 heterocycles. The third-order valence-electron chi connectivity index (χ3n) is 4.24. The van der Waals surface area contributed by atoms with E-state index < -0.39 is 11.4 Å². The molecule has 2 N–H and O–H groups in total. The van der Waals surface area contributed by atoms with Crippen molar-refractivity contribution in [3.63, 3.8) is 0 Å². The highest BCUT2D eigenvalue weighted by Crippen LogP contribution is 2.37. The maximum absolute atomic E-state index is 11.9. The van der Waals surface area contributed by atoms with Gasteiger partial charge >= 0.3 is 12.0 Å². The van der Waals surface area contributed by atoms with Crippen molar-refractivity contribution < 1.29 is 14.7 Å². The molecule has 0 spiro atoms. The van der Waals surface area contributed by atoms with Crippen molar-refractivity contribution in [3.05, 3.63) is 0 Å². The third kappa shape index (κ3) is 2.76. The van der Waals surface area contributed by atoms with E-state index in [0.717, 1.165) is 38.8 Å². The molecule has 2 fully saturated rings. The van der Waals surface area contributed by atoms with E-state index in [-0.39, 0.29) is 12.6 Å². The SMILES string of the molecule is O=C(NCC1(C(=O)O)CCCC1)N1CCCCC1. The second-order valence-corrected chi connectivity index (χ2v) is 5.50. The van der Waals surface area contributed by atoms with Crippen molar-refractivity contribution in [3.8, 4) is 0 Å². The van der Waals surface area contributed by atoms with Gasteiger partial charge in [0.15, 0.2) is 0 Å². The summed E-state index contributed by atoms with van der Waals surface area (Å²) in [6.45, 7) is 1.87. The van der Waals surface area contributed by atoms with Crippen LogP contribution in [0.3, 0.4) is 0 Å². The summed E-state index contributed by atoms with van der Waals surface area (Å²) in [5.74, 6) is -0.765. The summed E-state index contributed by atoms with van der Waals surface area (Å²) in [6.07, 6.45) is 6.56. The van der Waals surface area contributed by atoms with E-state index in [2.05, 4.69) is 5.32 Å². The molecule has 5 heteroatoms. The zero-order valence-electron chi connectivity index (χ0n) is 10.8. The average molecular weight is 254 g/mol. The number of carbonyl (C=O) groups is 2. The minimum absolute atomic E-state index is 0.0952. The van der Waals surface area contributed by atoms with Crippen LogP contribution in [0.15, 0.2) is 0 Å². The van der Waals surface area contributed by atoms with Crippen molar-refractivity contribution in [2.45, 2.75) is 44.9 Å². The normalized spacial score (nSPS) is 22.8. The third-order valence-corrected chi connectivity index (χ3v) is 4.24. The van der Waals surface area contributed by atoms with E-state index in [4.69, 9.17) is 0 Å². The molecule has 0 aromatic rings. The fourth-order valence-corrected chi connectivity index (χ4v) is 2.97. The average Bonchev–Trinajstić information content (AvgIpc) is 2.87. The number of nitrogens with one attached hydrogen (secondary N) is 1. The fourth-order valence-electron chi connectivity index (χ4n) is 2.97. The van der Waals surface area contributed by atoms with E-state index in [1.165, 1.54) is 6.42 Å². The smallest absolute Gasteiger partial charge is 0.317 e. The Kier molecular flexibility index (Phi) is 4.09. The summed E-state index contributed by atoms with van der Waals surface area (Å²) >= 11 is 0. The van der Waals surface area contributed by atoms with Crippen molar-refractivity contribution in [1.82, 2.24) is 10.2 Å². The van der Waals surface area contributed by atoms with Crippen LogP contribution in [0.4, 0.5) is 4.79 Å². The summed E-state index contributed by atoms with van der Waals surface area (Å²) in [4.78, 5) is 25.1. The Morgan fingerprint density at radius 1 is 1.06 bits per heavy atom. The summed E-state index contributed by atoms with van der Waals surface area (Å²) < 4.78 is 0. The Hall–Kier alpha value is -1.26. The van der Waals surface area contributed by atoms with Gasteiger partial charge in [0.1, 0.15) is 0 Å². The lowest BCUT2D eigenvalue weighted by molar-refractivity contribution is -0.148. The number of piperidine rings is 1. The van der Waals surface area contributed by atoms with Crippen LogP contribution in [0.5, 0.6) is 0 Å². The maximum atomic E-state index is 11.9. The largest absolute Gasteiger partial charge is 0.481 e. The molecule has 102 valence electrons. The van der Waals surface area contributed by atoms with Crippen LogP contribution in [0.2, 0.25) is 0 Å². The van der Waals surface area contributed by atoms with Crippen LogP contribution in [-0.4, -0.2) is 41.6 Å². The number of aliphatic carboxylic acids is 1. The van der Waals surface area contributed by atoms with E-state index in [0.29, 0.717) is 12.8 Å². The zero-order chi connectivity index (χ0) is 13.0. The number of carboxylic acids is 1. The van der Waals surface area contributed by atoms with Gasteiger partial charge in [0.2, 0.25) is 0 Å². The first-order valence-electron chi connectivity index (χ1n) is 6.90. The Morgan fingerprint density at radius 2 is 1.67 bits per heavy atom. The fraction of sp³-hybridized carbons (Fsp3) is 0.846. The summed E-state index contributed by atoms with van der Waals surface area (Å²) in [7, 11) is 0. The van der Waals surface area contributed by atoms with Crippen molar-refractivity contribution in [2.75, 3.05) is 19.6 Å². The molecule has 0 unspecified atom stereocenters. The Morgan fingerprint density at radius 3 is 2.22 bits per heavy atom. The van der Waals surface area contributed by atoms with Gasteiger partial charge in [0, 0.05) is 19.6 Å². The summed E-state index contributed by atoms with van der Waals surface area (Å²) in [5, 5.41) is 12.1. The first kappa shape index (κ1) is 13.2. The van der Waals surface area contributed by atoms with Gasteiger partial charge in [-0.15, -0.1) is 0 Å². The summed E-state index contributed by atoms with van der Waals surface area (Å²) in [6, 6.07) is -0.0952. The van der Waals surface area contributed by atoms with Gasteiger partial charge in [0.05, 0.1) is 5.41 Å².